The Morgan fingerprint density at radius 2 is 1.65 bits per heavy atom. The van der Waals surface area contributed by atoms with Gasteiger partial charge in [0.15, 0.2) is 5.69 Å². The number of halogens is 8. The van der Waals surface area contributed by atoms with Crippen LogP contribution in [-0.4, -0.2) is 112 Å². The molecule has 0 aliphatic carbocycles. The van der Waals surface area contributed by atoms with Crippen LogP contribution in [0.5, 0.6) is 11.8 Å². The molecule has 1 unspecified atom stereocenters. The predicted molar refractivity (Wildman–Crippen MR) is 238 cm³/mol. The van der Waals surface area contributed by atoms with Crippen molar-refractivity contribution in [2.45, 2.75) is 38.2 Å². The van der Waals surface area contributed by atoms with E-state index in [0.29, 0.717) is 21.1 Å². The van der Waals surface area contributed by atoms with Crippen LogP contribution >= 0.6 is 58.3 Å². The number of aromatic nitrogens is 6. The molecule has 4 N–H and O–H groups in total. The van der Waals surface area contributed by atoms with E-state index < -0.39 is 75.8 Å². The van der Waals surface area contributed by atoms with Crippen molar-refractivity contribution in [3.8, 4) is 23.0 Å². The number of nitrogens with one attached hydrogen (secondary N) is 2. The Hall–Kier alpha value is -3.98. The normalized spacial score (nSPS) is 12.3. The number of anilines is 1. The Morgan fingerprint density at radius 3 is 2.14 bits per heavy atom. The maximum Gasteiger partial charge on any atom is 0.434 e. The van der Waals surface area contributed by atoms with Crippen LogP contribution in [0.4, 0.5) is 23.2 Å². The van der Waals surface area contributed by atoms with Crippen LogP contribution in [0.1, 0.15) is 35.5 Å². The Labute approximate surface area is 395 Å². The number of carboxylic acids is 1. The lowest BCUT2D eigenvalue weighted by Gasteiger charge is -2.14. The standard InChI is InChI=1S/C15H12BrClF4N2O2.C14H13Cl2N5O4S.C3H8NO5P.C3H9S/c1-6(2)25-14(24)7-4-8(10(18)5-9(7)17)12-11(16)13(15(19,20)21)23(3)22-12;1-7-4-5-8(15)12(11(7)16)20-26(22,23)14-18-13-17-9(24-2)6-10(25-3)21(13)19-14;5-3(6)1-4-2-10(7,8)9;1-4(2)3/h4-6H,1-3H3;4-6,20H,1-3H3;4H,1-2H2,(H,5,6)(H2,7,8,9);1-3H3/q;;;+1/p-1. The number of aliphatic carboxylic acids is 1. The summed E-state index contributed by atoms with van der Waals surface area (Å²) in [5.74, 6) is -2.52. The van der Waals surface area contributed by atoms with Gasteiger partial charge in [-0.1, -0.05) is 40.9 Å². The molecule has 1 atom stereocenters. The lowest BCUT2D eigenvalue weighted by molar-refractivity contribution is -0.193. The van der Waals surface area contributed by atoms with Crippen molar-refractivity contribution in [3.05, 3.63) is 72.5 Å². The number of aryl methyl sites for hydroxylation is 2. The van der Waals surface area contributed by atoms with Crippen LogP contribution in [-0.2, 0) is 48.2 Å². The molecule has 0 bridgehead atoms. The Balaban J connectivity index is 0.000000348. The highest BCUT2D eigenvalue weighted by molar-refractivity contribution is 9.10. The number of rotatable bonds is 12. The predicted octanol–water partition coefficient (Wildman–Crippen LogP) is 6.44. The molecule has 0 radical (unpaired) electrons. The van der Waals surface area contributed by atoms with Gasteiger partial charge >= 0.3 is 18.1 Å². The van der Waals surface area contributed by atoms with E-state index in [1.54, 1.807) is 26.8 Å². The van der Waals surface area contributed by atoms with Gasteiger partial charge in [-0.3, -0.25) is 19.5 Å². The number of nitrogens with zero attached hydrogens (tertiary/aromatic N) is 6. The largest absolute Gasteiger partial charge is 0.778 e. The molecule has 3 aromatic heterocycles. The molecule has 360 valence electrons. The van der Waals surface area contributed by atoms with Crippen LogP contribution in [0.3, 0.4) is 0 Å². The van der Waals surface area contributed by atoms with Crippen LogP contribution in [0.2, 0.25) is 15.1 Å². The molecule has 0 fully saturated rings. The van der Waals surface area contributed by atoms with Crippen molar-refractivity contribution in [1.29, 1.82) is 0 Å². The summed E-state index contributed by atoms with van der Waals surface area (Å²) in [7, 11) is -4.00. The third-order valence-corrected chi connectivity index (χ3v) is 10.8. The fourth-order valence-corrected chi connectivity index (χ4v) is 7.48. The first-order valence-electron chi connectivity index (χ1n) is 17.6. The van der Waals surface area contributed by atoms with E-state index in [9.17, 15) is 45.0 Å². The van der Waals surface area contributed by atoms with Gasteiger partial charge < -0.3 is 33.7 Å². The molecule has 65 heavy (non-hydrogen) atoms. The average Bonchev–Trinajstić information content (AvgIpc) is 3.74. The summed E-state index contributed by atoms with van der Waals surface area (Å²) in [5.41, 5.74) is -1.16. The first kappa shape index (κ1) is 57.1. The average molecular weight is 1110 g/mol. The number of methoxy groups -OCH3 is 2. The number of carbonyl (C=O) groups excluding carboxylic acids is 1. The number of benzene rings is 2. The summed E-state index contributed by atoms with van der Waals surface area (Å²) >= 11 is 20.9. The lowest BCUT2D eigenvalue weighted by Crippen LogP contribution is -2.25. The van der Waals surface area contributed by atoms with Gasteiger partial charge in [-0.05, 0) is 71.4 Å². The topological polar surface area (TPSA) is 262 Å². The van der Waals surface area contributed by atoms with Gasteiger partial charge in [0, 0.05) is 12.6 Å². The highest BCUT2D eigenvalue weighted by atomic mass is 79.9. The Morgan fingerprint density at radius 1 is 1.05 bits per heavy atom. The number of carbonyl (C=O) groups is 2. The summed E-state index contributed by atoms with van der Waals surface area (Å²) in [6, 6.07) is 6.51. The monoisotopic (exact) mass is 1100 g/mol. The van der Waals surface area contributed by atoms with Crippen molar-refractivity contribution < 1.29 is 69.2 Å². The minimum atomic E-state index is -4.69. The summed E-state index contributed by atoms with van der Waals surface area (Å²) in [5, 5.41) is 17.2. The van der Waals surface area contributed by atoms with Crippen LogP contribution in [0.25, 0.3) is 17.0 Å². The zero-order valence-corrected chi connectivity index (χ0v) is 41.8. The molecule has 0 spiro atoms. The van der Waals surface area contributed by atoms with Gasteiger partial charge in [0.25, 0.3) is 21.0 Å². The van der Waals surface area contributed by atoms with E-state index >= 15 is 0 Å². The number of hydrogen-bond donors (Lipinski definition) is 4. The van der Waals surface area contributed by atoms with Crippen LogP contribution in [0.15, 0.2) is 40.0 Å². The van der Waals surface area contributed by atoms with Gasteiger partial charge in [-0.2, -0.15) is 41.2 Å². The quantitative estimate of drug-likeness (QED) is 0.0453. The van der Waals surface area contributed by atoms with E-state index in [4.69, 9.17) is 59.0 Å². The molecule has 5 rings (SSSR count). The Bertz CT molecular complexity index is 2650. The molecule has 5 aromatic rings. The number of esters is 1. The van der Waals surface area contributed by atoms with Crippen LogP contribution < -0.4 is 24.4 Å². The molecule has 0 aliphatic heterocycles. The molecular weight excluding hydrogens is 1070 g/mol. The van der Waals surface area contributed by atoms with Crippen molar-refractivity contribution in [2.24, 2.45) is 7.05 Å². The summed E-state index contributed by atoms with van der Waals surface area (Å²) in [6.07, 6.45) is 0.732. The smallest absolute Gasteiger partial charge is 0.434 e. The third-order valence-electron chi connectivity index (χ3n) is 7.14. The fourth-order valence-electron chi connectivity index (χ4n) is 4.54. The lowest BCUT2D eigenvalue weighted by atomic mass is 10.1. The van der Waals surface area contributed by atoms with E-state index in [0.717, 1.165) is 23.7 Å². The zero-order valence-electron chi connectivity index (χ0n) is 35.4. The first-order chi connectivity index (χ1) is 29.8. The van der Waals surface area contributed by atoms with E-state index in [1.165, 1.54) is 26.4 Å². The summed E-state index contributed by atoms with van der Waals surface area (Å²) in [6.45, 7) is 4.47. The number of alkyl halides is 3. The minimum absolute atomic E-state index is 0.0111. The van der Waals surface area contributed by atoms with Crippen LogP contribution in [0, 0.1) is 12.7 Å². The minimum Gasteiger partial charge on any atom is -0.778 e. The summed E-state index contributed by atoms with van der Waals surface area (Å²) in [4.78, 5) is 47.8. The van der Waals surface area contributed by atoms with Crippen molar-refractivity contribution >= 4 is 103 Å². The zero-order chi connectivity index (χ0) is 49.9. The molecule has 0 saturated carbocycles. The van der Waals surface area contributed by atoms with Gasteiger partial charge in [-0.15, -0.1) is 5.10 Å². The van der Waals surface area contributed by atoms with E-state index in [2.05, 4.69) is 59.6 Å². The third kappa shape index (κ3) is 17.0. The molecular formula is C35H41BrCl3F4N8O11PS2. The molecule has 0 amide bonds. The van der Waals surface area contributed by atoms with E-state index in [1.807, 2.05) is 5.32 Å². The second-order valence-corrected chi connectivity index (χ2v) is 20.9. The van der Waals surface area contributed by atoms with Gasteiger partial charge in [0.2, 0.25) is 11.8 Å². The maximum absolute atomic E-state index is 14.3. The van der Waals surface area contributed by atoms with Crippen molar-refractivity contribution in [3.63, 3.8) is 0 Å². The van der Waals surface area contributed by atoms with Gasteiger partial charge in [0.05, 0.1) is 88.8 Å². The van der Waals surface area contributed by atoms with Crippen molar-refractivity contribution in [2.75, 3.05) is 50.5 Å². The maximum atomic E-state index is 14.3. The van der Waals surface area contributed by atoms with Gasteiger partial charge in [-0.25, -0.2) is 9.18 Å². The molecule has 30 heteroatoms. The fraction of sp³-hybridized carbons (Fsp3) is 0.371. The summed E-state index contributed by atoms with van der Waals surface area (Å²) < 4.78 is 108. The van der Waals surface area contributed by atoms with Crippen molar-refractivity contribution in [1.82, 2.24) is 34.7 Å². The number of sulfonamides is 1. The number of ether oxygens (including phenoxy) is 3. The SMILES string of the molecule is CC(C)OC(=O)c1cc(-c2nn(C)c(C(F)(F)F)c2Br)c(F)cc1Cl.COc1cc(OC)n2nc(S(=O)(=O)Nc3c(Cl)ccc(C)c3Cl)nc2n1.C[S+](C)C.O=C(O)CNCP(=O)([O-])O. The molecule has 19 nitrogen and oxygen atoms in total. The number of fused-ring (bicyclic) bond motifs is 1. The number of hydrogen-bond acceptors (Lipinski definition) is 14. The van der Waals surface area contributed by atoms with Gasteiger partial charge in [0.1, 0.15) is 19.1 Å². The van der Waals surface area contributed by atoms with E-state index in [-0.39, 0.29) is 55.1 Å². The first-order valence-corrected chi connectivity index (χ1v) is 25.2. The molecule has 2 aromatic carbocycles. The molecule has 0 saturated heterocycles. The second kappa shape index (κ2) is 24.2. The highest BCUT2D eigenvalue weighted by Gasteiger charge is 2.39. The Kier molecular flexibility index (Phi) is 21.2. The highest BCUT2D eigenvalue weighted by Crippen LogP contribution is 2.41. The molecule has 0 aliphatic rings. The molecule has 3 heterocycles. The second-order valence-electron chi connectivity index (χ2n) is 13.3. The number of carboxylic acid groups (broad SMARTS) is 1.